The summed E-state index contributed by atoms with van der Waals surface area (Å²) in [5, 5.41) is 4.61. The highest BCUT2D eigenvalue weighted by Crippen LogP contribution is 2.08. The van der Waals surface area contributed by atoms with Crippen LogP contribution in [-0.4, -0.2) is 22.7 Å². The van der Waals surface area contributed by atoms with Crippen molar-refractivity contribution in [2.45, 2.75) is 19.6 Å². The van der Waals surface area contributed by atoms with Gasteiger partial charge in [0.2, 0.25) is 0 Å². The van der Waals surface area contributed by atoms with Crippen LogP contribution in [0.15, 0.2) is 18.3 Å². The topological polar surface area (TPSA) is 30.2 Å². The van der Waals surface area contributed by atoms with Crippen molar-refractivity contribution in [1.29, 1.82) is 0 Å². The maximum atomic E-state index is 5.84. The maximum absolute atomic E-state index is 5.84. The van der Waals surface area contributed by atoms with E-state index in [1.165, 1.54) is 0 Å². The lowest BCUT2D eigenvalue weighted by molar-refractivity contribution is 0.924. The second kappa shape index (κ2) is 3.93. The van der Waals surface area contributed by atoms with Crippen LogP contribution in [0.2, 0.25) is 24.8 Å². The Bertz CT molecular complexity index is 587. The number of aromatic nitrogens is 3. The van der Waals surface area contributed by atoms with Crippen LogP contribution in [0.3, 0.4) is 0 Å². The highest BCUT2D eigenvalue weighted by atomic mass is 35.5. The van der Waals surface area contributed by atoms with Crippen LogP contribution in [0, 0.1) is 11.5 Å². The van der Waals surface area contributed by atoms with E-state index >= 15 is 0 Å². The molecule has 0 atom stereocenters. The van der Waals surface area contributed by atoms with Gasteiger partial charge in [-0.1, -0.05) is 37.2 Å². The van der Waals surface area contributed by atoms with Crippen molar-refractivity contribution in [2.75, 3.05) is 0 Å². The Hall–Kier alpha value is -1.31. The van der Waals surface area contributed by atoms with Crippen molar-refractivity contribution in [3.05, 3.63) is 29.2 Å². The number of imidazole rings is 1. The molecule has 0 saturated carbocycles. The highest BCUT2D eigenvalue weighted by Gasteiger charge is 2.08. The summed E-state index contributed by atoms with van der Waals surface area (Å²) in [6, 6.07) is 3.55. The molecular formula is C11H12ClN3Si. The van der Waals surface area contributed by atoms with Crippen molar-refractivity contribution in [3.63, 3.8) is 0 Å². The number of rotatable bonds is 0. The van der Waals surface area contributed by atoms with E-state index in [0.717, 1.165) is 11.3 Å². The molecule has 2 heterocycles. The molecule has 0 fully saturated rings. The summed E-state index contributed by atoms with van der Waals surface area (Å²) in [6.45, 7) is 6.59. The minimum Gasteiger partial charge on any atom is -0.234 e. The molecular weight excluding hydrogens is 238 g/mol. The number of hydrogen-bond acceptors (Lipinski definition) is 2. The Balaban J connectivity index is 2.52. The minimum atomic E-state index is -1.38. The lowest BCUT2D eigenvalue weighted by Crippen LogP contribution is -2.16. The van der Waals surface area contributed by atoms with Gasteiger partial charge in [-0.25, -0.2) is 9.50 Å². The summed E-state index contributed by atoms with van der Waals surface area (Å²) in [4.78, 5) is 4.22. The molecule has 0 N–H and O–H groups in total. The van der Waals surface area contributed by atoms with Crippen LogP contribution in [0.4, 0.5) is 0 Å². The monoisotopic (exact) mass is 249 g/mol. The average molecular weight is 250 g/mol. The fraction of sp³-hybridized carbons (Fsp3) is 0.273. The highest BCUT2D eigenvalue weighted by molar-refractivity contribution is 6.83. The maximum Gasteiger partial charge on any atom is 0.155 e. The van der Waals surface area contributed by atoms with Crippen LogP contribution < -0.4 is 0 Å². The van der Waals surface area contributed by atoms with Gasteiger partial charge in [0.15, 0.2) is 5.65 Å². The first-order valence-corrected chi connectivity index (χ1v) is 8.87. The number of nitrogens with zero attached hydrogens (tertiary/aromatic N) is 3. The first-order chi connectivity index (χ1) is 7.46. The Kier molecular flexibility index (Phi) is 2.74. The first-order valence-electron chi connectivity index (χ1n) is 4.99. The summed E-state index contributed by atoms with van der Waals surface area (Å²) in [6.07, 6.45) is 1.73. The van der Waals surface area contributed by atoms with E-state index in [0.29, 0.717) is 5.15 Å². The molecule has 0 bridgehead atoms. The number of fused-ring (bicyclic) bond motifs is 1. The van der Waals surface area contributed by atoms with Crippen molar-refractivity contribution in [1.82, 2.24) is 14.6 Å². The average Bonchev–Trinajstić information content (AvgIpc) is 2.56. The molecule has 0 amide bonds. The van der Waals surface area contributed by atoms with Gasteiger partial charge in [0.05, 0.1) is 6.20 Å². The summed E-state index contributed by atoms with van der Waals surface area (Å²) in [5.74, 6) is 3.13. The molecule has 82 valence electrons. The summed E-state index contributed by atoms with van der Waals surface area (Å²) >= 11 is 5.84. The molecule has 0 saturated heterocycles. The van der Waals surface area contributed by atoms with Crippen molar-refractivity contribution < 1.29 is 0 Å². The van der Waals surface area contributed by atoms with Crippen LogP contribution >= 0.6 is 11.6 Å². The van der Waals surface area contributed by atoms with Gasteiger partial charge in [-0.05, 0) is 12.1 Å². The summed E-state index contributed by atoms with van der Waals surface area (Å²) in [5.41, 5.74) is 4.84. The van der Waals surface area contributed by atoms with Gasteiger partial charge in [0.25, 0.3) is 0 Å². The van der Waals surface area contributed by atoms with E-state index in [1.807, 2.05) is 6.07 Å². The molecule has 2 rings (SSSR count). The molecule has 0 aliphatic rings. The van der Waals surface area contributed by atoms with Gasteiger partial charge < -0.3 is 0 Å². The zero-order chi connectivity index (χ0) is 11.8. The van der Waals surface area contributed by atoms with Crippen molar-refractivity contribution in [3.8, 4) is 11.5 Å². The van der Waals surface area contributed by atoms with E-state index in [1.54, 1.807) is 16.8 Å². The third-order valence-electron chi connectivity index (χ3n) is 1.90. The first kappa shape index (κ1) is 11.2. The molecule has 2 aromatic rings. The Morgan fingerprint density at radius 3 is 2.75 bits per heavy atom. The normalized spacial score (nSPS) is 11.2. The molecule has 0 aliphatic heterocycles. The van der Waals surface area contributed by atoms with Crippen molar-refractivity contribution >= 4 is 25.3 Å². The fourth-order valence-electron chi connectivity index (χ4n) is 1.19. The molecule has 0 radical (unpaired) electrons. The third kappa shape index (κ3) is 2.43. The SMILES string of the molecule is C[Si](C)(C)C#Cc1cnc2ccc(Cl)nn12. The largest absolute Gasteiger partial charge is 0.234 e. The zero-order valence-electron chi connectivity index (χ0n) is 9.45. The summed E-state index contributed by atoms with van der Waals surface area (Å²) < 4.78 is 1.68. The Morgan fingerprint density at radius 1 is 1.31 bits per heavy atom. The van der Waals surface area contributed by atoms with Gasteiger partial charge in [0, 0.05) is 0 Å². The quantitative estimate of drug-likeness (QED) is 0.531. The van der Waals surface area contributed by atoms with Gasteiger partial charge in [-0.15, -0.1) is 5.54 Å². The molecule has 16 heavy (non-hydrogen) atoms. The van der Waals surface area contributed by atoms with Crippen LogP contribution in [0.25, 0.3) is 5.65 Å². The van der Waals surface area contributed by atoms with Crippen LogP contribution in [-0.2, 0) is 0 Å². The second-order valence-corrected chi connectivity index (χ2v) is 9.71. The molecule has 0 aliphatic carbocycles. The predicted octanol–water partition coefficient (Wildman–Crippen LogP) is 2.61. The standard InChI is InChI=1S/C11H12ClN3Si/c1-16(2,3)7-6-9-8-13-11-5-4-10(12)14-15(9)11/h4-5,8H,1-3H3. The van der Waals surface area contributed by atoms with E-state index in [4.69, 9.17) is 11.6 Å². The fourth-order valence-corrected chi connectivity index (χ4v) is 1.83. The smallest absolute Gasteiger partial charge is 0.155 e. The van der Waals surface area contributed by atoms with E-state index < -0.39 is 8.07 Å². The Labute approximate surface area is 100 Å². The van der Waals surface area contributed by atoms with Gasteiger partial charge in [-0.2, -0.15) is 5.10 Å². The van der Waals surface area contributed by atoms with E-state index in [9.17, 15) is 0 Å². The summed E-state index contributed by atoms with van der Waals surface area (Å²) in [7, 11) is -1.38. The number of hydrogen-bond donors (Lipinski definition) is 0. The lowest BCUT2D eigenvalue weighted by atomic mass is 10.5. The van der Waals surface area contributed by atoms with Crippen LogP contribution in [0.5, 0.6) is 0 Å². The molecule has 5 heteroatoms. The second-order valence-electron chi connectivity index (χ2n) is 4.57. The molecule has 3 nitrogen and oxygen atoms in total. The molecule has 2 aromatic heterocycles. The Morgan fingerprint density at radius 2 is 2.06 bits per heavy atom. The minimum absolute atomic E-state index is 0.446. The number of halogens is 1. The molecule has 0 aromatic carbocycles. The van der Waals surface area contributed by atoms with E-state index in [-0.39, 0.29) is 0 Å². The van der Waals surface area contributed by atoms with Gasteiger partial charge in [-0.3, -0.25) is 0 Å². The van der Waals surface area contributed by atoms with E-state index in [2.05, 4.69) is 41.2 Å². The third-order valence-corrected chi connectivity index (χ3v) is 2.97. The lowest BCUT2D eigenvalue weighted by Gasteiger charge is -2.02. The molecule has 0 unspecified atom stereocenters. The predicted molar refractivity (Wildman–Crippen MR) is 68.2 cm³/mol. The zero-order valence-corrected chi connectivity index (χ0v) is 11.2. The molecule has 0 spiro atoms. The van der Waals surface area contributed by atoms with Crippen molar-refractivity contribution in [2.24, 2.45) is 0 Å². The van der Waals surface area contributed by atoms with Gasteiger partial charge >= 0.3 is 0 Å². The van der Waals surface area contributed by atoms with Crippen LogP contribution in [0.1, 0.15) is 5.69 Å². The van der Waals surface area contributed by atoms with Gasteiger partial charge in [0.1, 0.15) is 18.9 Å².